The molecule has 1 heterocycles. The summed E-state index contributed by atoms with van der Waals surface area (Å²) >= 11 is 0. The van der Waals surface area contributed by atoms with Crippen molar-refractivity contribution < 1.29 is 13.7 Å². The van der Waals surface area contributed by atoms with E-state index in [9.17, 15) is 9.18 Å². The fraction of sp³-hybridized carbons (Fsp3) is 0. The molecule has 4 nitrogen and oxygen atoms in total. The lowest BCUT2D eigenvalue weighted by Crippen LogP contribution is -2.12. The third kappa shape index (κ3) is 2.01. The first-order chi connectivity index (χ1) is 7.27. The van der Waals surface area contributed by atoms with Crippen LogP contribution < -0.4 is 5.32 Å². The number of rotatable bonds is 2. The van der Waals surface area contributed by atoms with Crippen molar-refractivity contribution >= 4 is 11.8 Å². The number of benzene rings is 1. The lowest BCUT2D eigenvalue weighted by Gasteiger charge is -2.01. The number of carbonyl (C=O) groups excluding carboxylic acids is 1. The summed E-state index contributed by atoms with van der Waals surface area (Å²) < 4.78 is 17.8. The number of carbonyl (C=O) groups is 1. The predicted octanol–water partition coefficient (Wildman–Crippen LogP) is 2.07. The van der Waals surface area contributed by atoms with Gasteiger partial charge in [-0.3, -0.25) is 10.1 Å². The van der Waals surface area contributed by atoms with E-state index < -0.39 is 11.7 Å². The Morgan fingerprint density at radius 2 is 2.13 bits per heavy atom. The molecule has 1 amide bonds. The molecular formula is C10H7FN2O2. The molecule has 0 spiro atoms. The predicted molar refractivity (Wildman–Crippen MR) is 50.9 cm³/mol. The molecule has 1 aromatic heterocycles. The second-order valence-electron chi connectivity index (χ2n) is 2.81. The molecule has 5 heteroatoms. The van der Waals surface area contributed by atoms with Gasteiger partial charge >= 0.3 is 0 Å². The molecule has 2 rings (SSSR count). The zero-order valence-electron chi connectivity index (χ0n) is 7.61. The highest BCUT2D eigenvalue weighted by Gasteiger charge is 2.11. The van der Waals surface area contributed by atoms with Crippen molar-refractivity contribution in [3.63, 3.8) is 0 Å². The Bertz CT molecular complexity index is 468. The quantitative estimate of drug-likeness (QED) is 0.818. The van der Waals surface area contributed by atoms with Crippen LogP contribution in [-0.4, -0.2) is 11.1 Å². The van der Waals surface area contributed by atoms with Gasteiger partial charge in [0, 0.05) is 6.07 Å². The molecule has 76 valence electrons. The van der Waals surface area contributed by atoms with Crippen LogP contribution in [0.4, 0.5) is 10.3 Å². The second kappa shape index (κ2) is 3.91. The SMILES string of the molecule is O=C(Nc1ccno1)c1ccccc1F. The van der Waals surface area contributed by atoms with Crippen LogP contribution in [0.5, 0.6) is 0 Å². The highest BCUT2D eigenvalue weighted by molar-refractivity contribution is 6.03. The third-order valence-electron chi connectivity index (χ3n) is 1.79. The first-order valence-electron chi connectivity index (χ1n) is 4.24. The normalized spacial score (nSPS) is 9.93. The molecule has 0 atom stereocenters. The largest absolute Gasteiger partial charge is 0.338 e. The number of hydrogen-bond donors (Lipinski definition) is 1. The summed E-state index contributed by atoms with van der Waals surface area (Å²) in [6.45, 7) is 0. The van der Waals surface area contributed by atoms with E-state index in [1.807, 2.05) is 0 Å². The van der Waals surface area contributed by atoms with Gasteiger partial charge in [0.15, 0.2) is 0 Å². The van der Waals surface area contributed by atoms with E-state index in [-0.39, 0.29) is 11.4 Å². The van der Waals surface area contributed by atoms with Gasteiger partial charge in [-0.05, 0) is 12.1 Å². The van der Waals surface area contributed by atoms with Crippen molar-refractivity contribution in [2.75, 3.05) is 5.32 Å². The highest BCUT2D eigenvalue weighted by Crippen LogP contribution is 2.10. The maximum absolute atomic E-state index is 13.2. The van der Waals surface area contributed by atoms with Gasteiger partial charge in [-0.2, -0.15) is 0 Å². The molecule has 0 unspecified atom stereocenters. The molecule has 2 aromatic rings. The van der Waals surface area contributed by atoms with E-state index in [0.29, 0.717) is 0 Å². The number of hydrogen-bond acceptors (Lipinski definition) is 3. The number of amides is 1. The molecule has 1 aromatic carbocycles. The molecule has 0 aliphatic carbocycles. The Balaban J connectivity index is 2.19. The Kier molecular flexibility index (Phi) is 2.45. The van der Waals surface area contributed by atoms with Crippen LogP contribution in [0.25, 0.3) is 0 Å². The van der Waals surface area contributed by atoms with Gasteiger partial charge < -0.3 is 4.52 Å². The van der Waals surface area contributed by atoms with Crippen LogP contribution in [-0.2, 0) is 0 Å². The summed E-state index contributed by atoms with van der Waals surface area (Å²) in [4.78, 5) is 11.5. The van der Waals surface area contributed by atoms with Crippen molar-refractivity contribution in [2.24, 2.45) is 0 Å². The Hall–Kier alpha value is -2.17. The summed E-state index contributed by atoms with van der Waals surface area (Å²) in [5.41, 5.74) is -0.0334. The van der Waals surface area contributed by atoms with Gasteiger partial charge in [0.2, 0.25) is 5.88 Å². The Morgan fingerprint density at radius 1 is 1.33 bits per heavy atom. The van der Waals surface area contributed by atoms with Crippen LogP contribution in [0, 0.1) is 5.82 Å². The maximum Gasteiger partial charge on any atom is 0.261 e. The van der Waals surface area contributed by atoms with Gasteiger partial charge in [0.05, 0.1) is 11.8 Å². The van der Waals surface area contributed by atoms with Crippen LogP contribution >= 0.6 is 0 Å². The molecule has 0 fully saturated rings. The first kappa shape index (κ1) is 9.39. The van der Waals surface area contributed by atoms with E-state index in [1.54, 1.807) is 6.07 Å². The van der Waals surface area contributed by atoms with Crippen LogP contribution in [0.3, 0.4) is 0 Å². The molecule has 0 saturated carbocycles. The number of anilines is 1. The van der Waals surface area contributed by atoms with Gasteiger partial charge in [-0.25, -0.2) is 4.39 Å². The first-order valence-corrected chi connectivity index (χ1v) is 4.24. The molecule has 15 heavy (non-hydrogen) atoms. The summed E-state index contributed by atoms with van der Waals surface area (Å²) in [7, 11) is 0. The minimum atomic E-state index is -0.575. The standard InChI is InChI=1S/C10H7FN2O2/c11-8-4-2-1-3-7(8)10(14)13-9-5-6-12-15-9/h1-6H,(H,13,14). The Morgan fingerprint density at radius 3 is 2.80 bits per heavy atom. The monoisotopic (exact) mass is 206 g/mol. The molecule has 0 bridgehead atoms. The minimum Gasteiger partial charge on any atom is -0.338 e. The molecular weight excluding hydrogens is 199 g/mol. The van der Waals surface area contributed by atoms with Crippen LogP contribution in [0.15, 0.2) is 41.1 Å². The van der Waals surface area contributed by atoms with Gasteiger partial charge in [0.1, 0.15) is 5.82 Å². The third-order valence-corrected chi connectivity index (χ3v) is 1.79. The Labute approximate surface area is 84.7 Å². The van der Waals surface area contributed by atoms with Gasteiger partial charge in [-0.1, -0.05) is 17.3 Å². The molecule has 1 N–H and O–H groups in total. The van der Waals surface area contributed by atoms with Gasteiger partial charge in [0.25, 0.3) is 5.91 Å². The van der Waals surface area contributed by atoms with Crippen molar-refractivity contribution in [1.29, 1.82) is 0 Å². The average molecular weight is 206 g/mol. The lowest BCUT2D eigenvalue weighted by atomic mass is 10.2. The topological polar surface area (TPSA) is 55.1 Å². The smallest absolute Gasteiger partial charge is 0.261 e. The van der Waals surface area contributed by atoms with E-state index in [2.05, 4.69) is 15.0 Å². The summed E-state index contributed by atoms with van der Waals surface area (Å²) in [5, 5.41) is 5.78. The summed E-state index contributed by atoms with van der Waals surface area (Å²) in [6.07, 6.45) is 1.39. The molecule has 0 radical (unpaired) electrons. The highest BCUT2D eigenvalue weighted by atomic mass is 19.1. The molecule has 0 aliphatic heterocycles. The summed E-state index contributed by atoms with van der Waals surface area (Å²) in [6, 6.07) is 7.17. The zero-order chi connectivity index (χ0) is 10.7. The molecule has 0 saturated heterocycles. The number of nitrogens with zero attached hydrogens (tertiary/aromatic N) is 1. The van der Waals surface area contributed by atoms with E-state index in [0.717, 1.165) is 0 Å². The zero-order valence-corrected chi connectivity index (χ0v) is 7.61. The van der Waals surface area contributed by atoms with Crippen molar-refractivity contribution in [1.82, 2.24) is 5.16 Å². The van der Waals surface area contributed by atoms with Gasteiger partial charge in [-0.15, -0.1) is 0 Å². The van der Waals surface area contributed by atoms with Crippen molar-refractivity contribution in [2.45, 2.75) is 0 Å². The van der Waals surface area contributed by atoms with Crippen molar-refractivity contribution in [3.8, 4) is 0 Å². The average Bonchev–Trinajstić information content (AvgIpc) is 2.71. The maximum atomic E-state index is 13.2. The molecule has 0 aliphatic rings. The number of nitrogens with one attached hydrogen (secondary N) is 1. The van der Waals surface area contributed by atoms with Crippen molar-refractivity contribution in [3.05, 3.63) is 47.9 Å². The second-order valence-corrected chi connectivity index (χ2v) is 2.81. The fourth-order valence-corrected chi connectivity index (χ4v) is 1.10. The summed E-state index contributed by atoms with van der Waals surface area (Å²) in [5.74, 6) is -0.956. The van der Waals surface area contributed by atoms with Crippen LogP contribution in [0.2, 0.25) is 0 Å². The van der Waals surface area contributed by atoms with E-state index >= 15 is 0 Å². The fourth-order valence-electron chi connectivity index (χ4n) is 1.10. The number of aromatic nitrogens is 1. The minimum absolute atomic E-state index is 0.0334. The number of halogens is 1. The van der Waals surface area contributed by atoms with E-state index in [1.165, 1.54) is 30.5 Å². The lowest BCUT2D eigenvalue weighted by molar-refractivity contribution is 0.102. The van der Waals surface area contributed by atoms with E-state index in [4.69, 9.17) is 0 Å². The van der Waals surface area contributed by atoms with Crippen LogP contribution in [0.1, 0.15) is 10.4 Å².